The molecule has 43 heavy (non-hydrogen) atoms. The number of esters is 1. The number of nitrogens with one attached hydrogen (secondary N) is 2. The van der Waals surface area contributed by atoms with E-state index >= 15 is 0 Å². The van der Waals surface area contributed by atoms with Gasteiger partial charge in [-0.25, -0.2) is 13.5 Å². The summed E-state index contributed by atoms with van der Waals surface area (Å²) < 4.78 is 40.7. The molecule has 6 rings (SSSR count). The highest BCUT2D eigenvalue weighted by Crippen LogP contribution is 2.48. The zero-order valence-electron chi connectivity index (χ0n) is 23.8. The number of Topliss-reactive ketones (excluding diaryl/α,β-unsaturated/α-hetero) is 1. The molecule has 0 radical (unpaired) electrons. The van der Waals surface area contributed by atoms with Gasteiger partial charge in [-0.1, -0.05) is 11.3 Å². The number of halogens is 2. The molecular weight excluding hydrogens is 566 g/mol. The smallest absolute Gasteiger partial charge is 0.313 e. The van der Waals surface area contributed by atoms with Crippen LogP contribution in [0.2, 0.25) is 0 Å². The number of rotatable bonds is 8. The average molecular weight is 595 g/mol. The Labute approximate surface area is 244 Å². The zero-order chi connectivity index (χ0) is 30.8. The Morgan fingerprint density at radius 3 is 2.56 bits per heavy atom. The number of allylic oxidation sites excluding steroid dienone is 2. The van der Waals surface area contributed by atoms with Crippen molar-refractivity contribution in [2.75, 3.05) is 18.5 Å². The second-order valence-corrected chi connectivity index (χ2v) is 11.9. The van der Waals surface area contributed by atoms with E-state index in [1.165, 1.54) is 16.9 Å². The zero-order valence-corrected chi connectivity index (χ0v) is 23.8. The highest BCUT2D eigenvalue weighted by molar-refractivity contribution is 6.44. The number of amides is 2. The first-order valence-corrected chi connectivity index (χ1v) is 13.5. The van der Waals surface area contributed by atoms with E-state index in [1.807, 2.05) is 6.08 Å². The molecule has 0 bridgehead atoms. The highest BCUT2D eigenvalue weighted by atomic mass is 19.2. The average Bonchev–Trinajstić information content (AvgIpc) is 3.22. The van der Waals surface area contributed by atoms with Crippen molar-refractivity contribution in [3.8, 4) is 0 Å². The molecule has 0 spiro atoms. The molecule has 1 saturated heterocycles. The molecule has 3 aromatic rings. The van der Waals surface area contributed by atoms with Crippen LogP contribution in [0, 0.1) is 24.0 Å². The van der Waals surface area contributed by atoms with E-state index in [9.17, 15) is 28.0 Å². The maximum atomic E-state index is 13.7. The number of carbonyl (C=O) groups excluding carboxylic acids is 4. The molecule has 12 nitrogen and oxygen atoms in total. The van der Waals surface area contributed by atoms with Gasteiger partial charge < -0.3 is 24.7 Å². The third-order valence-corrected chi connectivity index (χ3v) is 7.69. The Kier molecular flexibility index (Phi) is 6.56. The fourth-order valence-electron chi connectivity index (χ4n) is 5.25. The predicted molar refractivity (Wildman–Crippen MR) is 145 cm³/mol. The maximum absolute atomic E-state index is 13.7. The monoisotopic (exact) mass is 594 g/mol. The van der Waals surface area contributed by atoms with Crippen LogP contribution in [0.5, 0.6) is 0 Å². The van der Waals surface area contributed by atoms with Crippen molar-refractivity contribution in [2.24, 2.45) is 5.41 Å². The molecule has 1 atom stereocenters. The fourth-order valence-corrected chi connectivity index (χ4v) is 5.25. The van der Waals surface area contributed by atoms with Gasteiger partial charge in [-0.05, 0) is 51.0 Å². The topological polar surface area (TPSA) is 146 Å². The van der Waals surface area contributed by atoms with Gasteiger partial charge in [-0.2, -0.15) is 0 Å². The van der Waals surface area contributed by atoms with Crippen LogP contribution in [-0.4, -0.2) is 56.3 Å². The van der Waals surface area contributed by atoms with Gasteiger partial charge in [0.25, 0.3) is 17.6 Å². The molecule has 4 heterocycles. The summed E-state index contributed by atoms with van der Waals surface area (Å²) in [4.78, 5) is 52.5. The second kappa shape index (κ2) is 9.93. The SMILES string of the molecule is Cc1c(C(=O)C(=O)NC2(c3cn(COC(=O)C(C)(C)C)nn3)COC2)c2n(c1C(=O)Nc1ccc(F)c(F)c1)[C@@H]1C=C1C2. The van der Waals surface area contributed by atoms with Gasteiger partial charge in [0.2, 0.25) is 0 Å². The molecule has 1 fully saturated rings. The summed E-state index contributed by atoms with van der Waals surface area (Å²) in [7, 11) is 0. The minimum absolute atomic E-state index is 0.0379. The van der Waals surface area contributed by atoms with E-state index in [2.05, 4.69) is 20.9 Å². The molecule has 2 amide bonds. The van der Waals surface area contributed by atoms with Gasteiger partial charge in [0.15, 0.2) is 18.4 Å². The molecule has 2 N–H and O–H groups in total. The van der Waals surface area contributed by atoms with Gasteiger partial charge in [-0.15, -0.1) is 5.10 Å². The van der Waals surface area contributed by atoms with E-state index in [-0.39, 0.29) is 42.9 Å². The molecule has 224 valence electrons. The quantitative estimate of drug-likeness (QED) is 0.175. The van der Waals surface area contributed by atoms with E-state index in [1.54, 1.807) is 32.3 Å². The summed E-state index contributed by atoms with van der Waals surface area (Å²) in [6, 6.07) is 2.81. The van der Waals surface area contributed by atoms with Crippen molar-refractivity contribution in [3.63, 3.8) is 0 Å². The highest BCUT2D eigenvalue weighted by Gasteiger charge is 2.48. The van der Waals surface area contributed by atoms with E-state index < -0.39 is 46.2 Å². The summed E-state index contributed by atoms with van der Waals surface area (Å²) in [6.07, 6.45) is 3.84. The van der Waals surface area contributed by atoms with Crippen LogP contribution in [0.3, 0.4) is 0 Å². The van der Waals surface area contributed by atoms with Crippen molar-refractivity contribution in [1.29, 1.82) is 0 Å². The molecule has 0 saturated carbocycles. The largest absolute Gasteiger partial charge is 0.442 e. The molecule has 3 aliphatic rings. The summed E-state index contributed by atoms with van der Waals surface area (Å²) >= 11 is 0. The number of anilines is 1. The summed E-state index contributed by atoms with van der Waals surface area (Å²) in [5.41, 5.74) is 0.624. The van der Waals surface area contributed by atoms with E-state index in [4.69, 9.17) is 9.47 Å². The summed E-state index contributed by atoms with van der Waals surface area (Å²) in [6.45, 7) is 6.63. The number of benzene rings is 1. The number of nitrogens with zero attached hydrogens (tertiary/aromatic N) is 4. The number of aromatic nitrogens is 4. The van der Waals surface area contributed by atoms with Crippen molar-refractivity contribution >= 4 is 29.3 Å². The van der Waals surface area contributed by atoms with E-state index in [0.29, 0.717) is 23.4 Å². The van der Waals surface area contributed by atoms with Crippen LogP contribution >= 0.6 is 0 Å². The first kappa shape index (κ1) is 28.4. The fraction of sp³-hybridized carbons (Fsp3) is 0.379. The Morgan fingerprint density at radius 2 is 1.91 bits per heavy atom. The molecule has 0 unspecified atom stereocenters. The van der Waals surface area contributed by atoms with Crippen molar-refractivity contribution in [3.05, 3.63) is 75.9 Å². The molecule has 2 aromatic heterocycles. The third-order valence-electron chi connectivity index (χ3n) is 7.69. The van der Waals surface area contributed by atoms with Crippen LogP contribution in [0.1, 0.15) is 64.6 Å². The first-order valence-electron chi connectivity index (χ1n) is 13.5. The number of carbonyl (C=O) groups is 4. The van der Waals surface area contributed by atoms with Gasteiger partial charge in [0, 0.05) is 23.9 Å². The summed E-state index contributed by atoms with van der Waals surface area (Å²) in [5.74, 6) is -4.98. The predicted octanol–water partition coefficient (Wildman–Crippen LogP) is 2.73. The lowest BCUT2D eigenvalue weighted by atomic mass is 9.92. The van der Waals surface area contributed by atoms with Crippen molar-refractivity contribution < 1.29 is 37.4 Å². The van der Waals surface area contributed by atoms with Crippen LogP contribution in [0.4, 0.5) is 14.5 Å². The molecule has 1 aromatic carbocycles. The van der Waals surface area contributed by atoms with E-state index in [0.717, 1.165) is 17.7 Å². The minimum atomic E-state index is -1.13. The van der Waals surface area contributed by atoms with Gasteiger partial charge in [-0.3, -0.25) is 19.2 Å². The standard InChI is InChI=1S/C29H28F2N6O6/c1-14-22(20-8-15-7-19(15)37(20)23(14)25(39)32-16-5-6-17(30)18(31)9-16)24(38)26(40)33-29(11-42-12-29)21-10-36(35-34-21)13-43-27(41)28(2,3)4/h5-7,9-10,19H,8,11-13H2,1-4H3,(H,32,39)(H,33,40)/t19-/m1/s1. The van der Waals surface area contributed by atoms with Crippen molar-refractivity contribution in [1.82, 2.24) is 24.9 Å². The second-order valence-electron chi connectivity index (χ2n) is 11.9. The summed E-state index contributed by atoms with van der Waals surface area (Å²) in [5, 5.41) is 13.4. The lowest BCUT2D eigenvalue weighted by Gasteiger charge is -2.40. The number of ether oxygens (including phenoxy) is 2. The normalized spacial score (nSPS) is 17.7. The molecular formula is C29H28F2N6O6. The Balaban J connectivity index is 1.22. The molecule has 14 heteroatoms. The Morgan fingerprint density at radius 1 is 1.16 bits per heavy atom. The minimum Gasteiger partial charge on any atom is -0.442 e. The lowest BCUT2D eigenvalue weighted by Crippen LogP contribution is -2.60. The number of hydrogen-bond donors (Lipinski definition) is 2. The Hall–Kier alpha value is -4.72. The number of hydrogen-bond acceptors (Lipinski definition) is 8. The van der Waals surface area contributed by atoms with Crippen LogP contribution in [0.15, 0.2) is 36.0 Å². The van der Waals surface area contributed by atoms with Crippen LogP contribution < -0.4 is 10.6 Å². The molecule has 1 aliphatic carbocycles. The number of ketones is 1. The van der Waals surface area contributed by atoms with Crippen molar-refractivity contribution in [2.45, 2.75) is 52.4 Å². The number of fused-ring (bicyclic) bond motifs is 3. The molecule has 2 aliphatic heterocycles. The van der Waals surface area contributed by atoms with Gasteiger partial charge in [0.05, 0.1) is 36.4 Å². The first-order chi connectivity index (χ1) is 20.3. The Bertz CT molecular complexity index is 1750. The third kappa shape index (κ3) is 4.90. The lowest BCUT2D eigenvalue weighted by molar-refractivity contribution is -0.157. The maximum Gasteiger partial charge on any atom is 0.313 e. The van der Waals surface area contributed by atoms with Gasteiger partial charge >= 0.3 is 5.97 Å². The van der Waals surface area contributed by atoms with Gasteiger partial charge in [0.1, 0.15) is 16.9 Å². The van der Waals surface area contributed by atoms with Crippen LogP contribution in [-0.2, 0) is 37.8 Å². The van der Waals surface area contributed by atoms with Crippen LogP contribution in [0.25, 0.3) is 0 Å².